The van der Waals surface area contributed by atoms with Gasteiger partial charge in [0.2, 0.25) is 0 Å². The van der Waals surface area contributed by atoms with E-state index in [4.69, 9.17) is 21.1 Å². The minimum Gasteiger partial charge on any atom is -0.490 e. The number of anilines is 1. The van der Waals surface area contributed by atoms with E-state index in [9.17, 15) is 24.5 Å². The van der Waals surface area contributed by atoms with Gasteiger partial charge in [-0.3, -0.25) is 25.0 Å². The van der Waals surface area contributed by atoms with Crippen LogP contribution in [0.2, 0.25) is 5.02 Å². The maximum absolute atomic E-state index is 13.3. The summed E-state index contributed by atoms with van der Waals surface area (Å²) in [5, 5.41) is 13.2. The highest BCUT2D eigenvalue weighted by Crippen LogP contribution is 2.38. The van der Waals surface area contributed by atoms with E-state index in [0.29, 0.717) is 22.4 Å². The molecule has 1 saturated heterocycles. The number of imide groups is 2. The van der Waals surface area contributed by atoms with Crippen molar-refractivity contribution in [3.05, 3.63) is 97.6 Å². The smallest absolute Gasteiger partial charge is 0.335 e. The molecule has 11 heteroatoms. The highest BCUT2D eigenvalue weighted by molar-refractivity contribution is 6.39. The Balaban J connectivity index is 1.64. The normalized spacial score (nSPS) is 14.4. The van der Waals surface area contributed by atoms with E-state index >= 15 is 0 Å². The average Bonchev–Trinajstić information content (AvgIpc) is 2.87. The maximum Gasteiger partial charge on any atom is 0.335 e. The highest BCUT2D eigenvalue weighted by atomic mass is 35.5. The van der Waals surface area contributed by atoms with Gasteiger partial charge >= 0.3 is 6.03 Å². The lowest BCUT2D eigenvalue weighted by atomic mass is 10.0. The third kappa shape index (κ3) is 5.91. The predicted molar refractivity (Wildman–Crippen MR) is 145 cm³/mol. The molecule has 1 fully saturated rings. The molecule has 10 nitrogen and oxygen atoms in total. The number of carbonyl (C=O) groups is 3. The van der Waals surface area contributed by atoms with Gasteiger partial charge in [-0.15, -0.1) is 0 Å². The van der Waals surface area contributed by atoms with Crippen LogP contribution in [-0.4, -0.2) is 29.4 Å². The minimum absolute atomic E-state index is 0.0386. The molecule has 1 aliphatic heterocycles. The largest absolute Gasteiger partial charge is 0.490 e. The first-order valence-corrected chi connectivity index (χ1v) is 12.3. The fourth-order valence-corrected chi connectivity index (χ4v) is 4.32. The summed E-state index contributed by atoms with van der Waals surface area (Å²) in [4.78, 5) is 49.9. The number of urea groups is 1. The number of aryl methyl sites for hydroxylation is 2. The van der Waals surface area contributed by atoms with Crippen molar-refractivity contribution in [2.45, 2.75) is 27.4 Å². The standard InChI is InChI=1S/C28H24ClN3O7/c1-4-38-24-14-19(13-22(29)25(24)39-15-18-6-8-20(9-7-18)32(36)37)12-21-26(33)30-28(35)31(27(21)34)23-10-5-16(2)11-17(23)3/h5-14H,4,15H2,1-3H3,(H,30,33,35)/b21-12+. The highest BCUT2D eigenvalue weighted by Gasteiger charge is 2.37. The van der Waals surface area contributed by atoms with Crippen LogP contribution in [0.3, 0.4) is 0 Å². The van der Waals surface area contributed by atoms with Gasteiger partial charge in [0.1, 0.15) is 12.2 Å². The Labute approximate surface area is 228 Å². The molecule has 3 aromatic carbocycles. The van der Waals surface area contributed by atoms with Gasteiger partial charge in [0.05, 0.1) is 22.2 Å². The quantitative estimate of drug-likeness (QED) is 0.170. The molecule has 4 rings (SSSR count). The number of hydrogen-bond donors (Lipinski definition) is 1. The van der Waals surface area contributed by atoms with E-state index in [-0.39, 0.29) is 41.0 Å². The molecule has 0 radical (unpaired) electrons. The zero-order chi connectivity index (χ0) is 28.3. The molecule has 0 atom stereocenters. The van der Waals surface area contributed by atoms with Crippen LogP contribution in [0, 0.1) is 24.0 Å². The van der Waals surface area contributed by atoms with Gasteiger partial charge in [-0.2, -0.15) is 0 Å². The summed E-state index contributed by atoms with van der Waals surface area (Å²) >= 11 is 6.50. The third-order valence-electron chi connectivity index (χ3n) is 5.87. The molecule has 0 aromatic heterocycles. The Hall–Kier alpha value is -4.70. The van der Waals surface area contributed by atoms with E-state index in [1.165, 1.54) is 24.3 Å². The topological polar surface area (TPSA) is 128 Å². The number of rotatable bonds is 8. The van der Waals surface area contributed by atoms with Gasteiger partial charge in [-0.25, -0.2) is 9.69 Å². The van der Waals surface area contributed by atoms with Gasteiger partial charge in [0, 0.05) is 12.1 Å². The van der Waals surface area contributed by atoms with E-state index in [2.05, 4.69) is 5.32 Å². The molecule has 0 saturated carbocycles. The zero-order valence-electron chi connectivity index (χ0n) is 21.3. The first-order chi connectivity index (χ1) is 18.6. The average molecular weight is 550 g/mol. The number of nitrogens with zero attached hydrogens (tertiary/aromatic N) is 2. The number of nitro groups is 1. The fraction of sp³-hybridized carbons (Fsp3) is 0.179. The molecule has 0 unspecified atom stereocenters. The van der Waals surface area contributed by atoms with Crippen LogP contribution in [-0.2, 0) is 16.2 Å². The van der Waals surface area contributed by atoms with Crippen molar-refractivity contribution in [1.82, 2.24) is 5.32 Å². The zero-order valence-corrected chi connectivity index (χ0v) is 22.1. The van der Waals surface area contributed by atoms with Gasteiger partial charge < -0.3 is 9.47 Å². The predicted octanol–water partition coefficient (Wildman–Crippen LogP) is 5.51. The van der Waals surface area contributed by atoms with Crippen LogP contribution in [0.5, 0.6) is 11.5 Å². The van der Waals surface area contributed by atoms with Crippen LogP contribution in [0.1, 0.15) is 29.2 Å². The number of nitrogens with one attached hydrogen (secondary N) is 1. The summed E-state index contributed by atoms with van der Waals surface area (Å²) in [5.41, 5.74) is 2.77. The van der Waals surface area contributed by atoms with Crippen molar-refractivity contribution < 1.29 is 28.8 Å². The Morgan fingerprint density at radius 2 is 1.74 bits per heavy atom. The lowest BCUT2D eigenvalue weighted by Crippen LogP contribution is -2.54. The Bertz CT molecular complexity index is 1520. The summed E-state index contributed by atoms with van der Waals surface area (Å²) in [7, 11) is 0. The number of barbiturate groups is 1. The second-order valence-corrected chi connectivity index (χ2v) is 9.13. The number of non-ortho nitro benzene ring substituents is 1. The summed E-state index contributed by atoms with van der Waals surface area (Å²) < 4.78 is 11.6. The second-order valence-electron chi connectivity index (χ2n) is 8.72. The second kappa shape index (κ2) is 11.4. The van der Waals surface area contributed by atoms with Crippen LogP contribution in [0.4, 0.5) is 16.2 Å². The summed E-state index contributed by atoms with van der Waals surface area (Å²) in [6.07, 6.45) is 1.33. The molecule has 0 spiro atoms. The summed E-state index contributed by atoms with van der Waals surface area (Å²) in [6, 6.07) is 13.4. The van der Waals surface area contributed by atoms with Crippen LogP contribution in [0.25, 0.3) is 6.08 Å². The Morgan fingerprint density at radius 3 is 2.38 bits per heavy atom. The molecule has 1 heterocycles. The number of carbonyl (C=O) groups excluding carboxylic acids is 3. The molecule has 1 aliphatic rings. The third-order valence-corrected chi connectivity index (χ3v) is 6.15. The summed E-state index contributed by atoms with van der Waals surface area (Å²) in [6.45, 7) is 5.77. The number of benzene rings is 3. The fourth-order valence-electron chi connectivity index (χ4n) is 4.04. The maximum atomic E-state index is 13.3. The van der Waals surface area contributed by atoms with Gasteiger partial charge in [-0.05, 0) is 73.9 Å². The summed E-state index contributed by atoms with van der Waals surface area (Å²) in [5.74, 6) is -1.11. The molecule has 0 aliphatic carbocycles. The Kier molecular flexibility index (Phi) is 7.96. The molecule has 200 valence electrons. The van der Waals surface area contributed by atoms with Gasteiger partial charge in [0.15, 0.2) is 11.5 Å². The van der Waals surface area contributed by atoms with Crippen LogP contribution in [0.15, 0.2) is 60.2 Å². The van der Waals surface area contributed by atoms with Crippen molar-refractivity contribution in [2.24, 2.45) is 0 Å². The first-order valence-electron chi connectivity index (χ1n) is 11.9. The van der Waals surface area contributed by atoms with Crippen LogP contribution < -0.4 is 19.7 Å². The van der Waals surface area contributed by atoms with E-state index in [1.807, 2.05) is 13.0 Å². The van der Waals surface area contributed by atoms with E-state index in [1.54, 1.807) is 44.2 Å². The number of hydrogen-bond acceptors (Lipinski definition) is 7. The molecule has 4 amide bonds. The number of nitro benzene ring substituents is 1. The molecule has 0 bridgehead atoms. The molecular formula is C28H24ClN3O7. The van der Waals surface area contributed by atoms with Gasteiger partial charge in [0.25, 0.3) is 17.5 Å². The van der Waals surface area contributed by atoms with Crippen molar-refractivity contribution in [3.8, 4) is 11.5 Å². The SMILES string of the molecule is CCOc1cc(/C=C2\C(=O)NC(=O)N(c3ccc(C)cc3C)C2=O)cc(Cl)c1OCc1ccc([N+](=O)[O-])cc1. The van der Waals surface area contributed by atoms with Crippen LogP contribution >= 0.6 is 11.6 Å². The lowest BCUT2D eigenvalue weighted by molar-refractivity contribution is -0.384. The van der Waals surface area contributed by atoms with Crippen molar-refractivity contribution in [2.75, 3.05) is 11.5 Å². The molecule has 39 heavy (non-hydrogen) atoms. The van der Waals surface area contributed by atoms with Crippen molar-refractivity contribution in [1.29, 1.82) is 0 Å². The molecule has 3 aromatic rings. The first kappa shape index (κ1) is 27.3. The van der Waals surface area contributed by atoms with E-state index < -0.39 is 22.8 Å². The number of amides is 4. The van der Waals surface area contributed by atoms with Crippen molar-refractivity contribution >= 4 is 46.9 Å². The lowest BCUT2D eigenvalue weighted by Gasteiger charge is -2.27. The Morgan fingerprint density at radius 1 is 1.03 bits per heavy atom. The molecule has 1 N–H and O–H groups in total. The van der Waals surface area contributed by atoms with E-state index in [0.717, 1.165) is 10.5 Å². The minimum atomic E-state index is -0.836. The van der Waals surface area contributed by atoms with Gasteiger partial charge in [-0.1, -0.05) is 29.3 Å². The number of ether oxygens (including phenoxy) is 2. The monoisotopic (exact) mass is 549 g/mol. The molecular weight excluding hydrogens is 526 g/mol. The number of halogens is 1. The van der Waals surface area contributed by atoms with Crippen molar-refractivity contribution in [3.63, 3.8) is 0 Å².